The van der Waals surface area contributed by atoms with E-state index in [4.69, 9.17) is 5.73 Å². The van der Waals surface area contributed by atoms with E-state index >= 15 is 0 Å². The summed E-state index contributed by atoms with van der Waals surface area (Å²) >= 11 is 0. The van der Waals surface area contributed by atoms with Crippen LogP contribution in [0.1, 0.15) is 37.8 Å². The molecule has 1 aromatic rings. The predicted molar refractivity (Wildman–Crippen MR) is 86.3 cm³/mol. The Kier molecular flexibility index (Phi) is 5.59. The minimum Gasteiger partial charge on any atom is -0.336 e. The lowest BCUT2D eigenvalue weighted by Crippen LogP contribution is -2.45. The molecule has 2 amide bonds. The number of carbonyl (C=O) groups excluding carboxylic acids is 1. The summed E-state index contributed by atoms with van der Waals surface area (Å²) < 4.78 is 0. The van der Waals surface area contributed by atoms with Crippen molar-refractivity contribution >= 4 is 11.7 Å². The second-order valence-corrected chi connectivity index (χ2v) is 5.88. The molecule has 0 radical (unpaired) electrons. The average molecular weight is 290 g/mol. The van der Waals surface area contributed by atoms with Gasteiger partial charge in [-0.05, 0) is 51.1 Å². The fourth-order valence-corrected chi connectivity index (χ4v) is 2.66. The summed E-state index contributed by atoms with van der Waals surface area (Å²) in [6.07, 6.45) is 3.65. The fraction of sp³-hybridized carbons (Fsp3) is 0.562. The maximum absolute atomic E-state index is 11.9. The number of rotatable bonds is 4. The van der Waals surface area contributed by atoms with Gasteiger partial charge in [-0.3, -0.25) is 0 Å². The van der Waals surface area contributed by atoms with Gasteiger partial charge in [0.15, 0.2) is 0 Å². The molecular weight excluding hydrogens is 264 g/mol. The summed E-state index contributed by atoms with van der Waals surface area (Å²) in [6.45, 7) is 3.75. The van der Waals surface area contributed by atoms with Crippen LogP contribution in [0.25, 0.3) is 0 Å². The SMILES string of the molecule is CC(N)c1ccc(NC(=O)NCC2CCCCN2C)cc1. The normalized spacial score (nSPS) is 20.8. The number of nitrogens with two attached hydrogens (primary N) is 1. The Morgan fingerprint density at radius 3 is 2.71 bits per heavy atom. The Labute approximate surface area is 126 Å². The molecule has 116 valence electrons. The number of hydrogen-bond donors (Lipinski definition) is 3. The van der Waals surface area contributed by atoms with Gasteiger partial charge in [0.2, 0.25) is 0 Å². The maximum Gasteiger partial charge on any atom is 0.319 e. The molecule has 21 heavy (non-hydrogen) atoms. The van der Waals surface area contributed by atoms with Gasteiger partial charge in [0.1, 0.15) is 0 Å². The fourth-order valence-electron chi connectivity index (χ4n) is 2.66. The van der Waals surface area contributed by atoms with Crippen LogP contribution in [0.2, 0.25) is 0 Å². The topological polar surface area (TPSA) is 70.4 Å². The van der Waals surface area contributed by atoms with Gasteiger partial charge in [0, 0.05) is 24.3 Å². The van der Waals surface area contributed by atoms with Gasteiger partial charge in [0.05, 0.1) is 0 Å². The molecule has 5 nitrogen and oxygen atoms in total. The quantitative estimate of drug-likeness (QED) is 0.797. The Hall–Kier alpha value is -1.59. The molecular formula is C16H26N4O. The highest BCUT2D eigenvalue weighted by molar-refractivity contribution is 5.89. The Balaban J connectivity index is 1.78. The highest BCUT2D eigenvalue weighted by atomic mass is 16.2. The molecule has 1 heterocycles. The minimum atomic E-state index is -0.150. The molecule has 1 aromatic carbocycles. The third kappa shape index (κ3) is 4.72. The number of nitrogens with zero attached hydrogens (tertiary/aromatic N) is 1. The van der Waals surface area contributed by atoms with Gasteiger partial charge < -0.3 is 21.3 Å². The van der Waals surface area contributed by atoms with Crippen LogP contribution in [0.4, 0.5) is 10.5 Å². The van der Waals surface area contributed by atoms with Crippen molar-refractivity contribution < 1.29 is 4.79 Å². The second-order valence-electron chi connectivity index (χ2n) is 5.88. The second kappa shape index (κ2) is 7.43. The number of benzene rings is 1. The van der Waals surface area contributed by atoms with E-state index in [-0.39, 0.29) is 12.1 Å². The lowest BCUT2D eigenvalue weighted by molar-refractivity contribution is 0.182. The summed E-state index contributed by atoms with van der Waals surface area (Å²) in [5.74, 6) is 0. The molecule has 0 spiro atoms. The first-order valence-corrected chi connectivity index (χ1v) is 7.67. The molecule has 0 bridgehead atoms. The number of anilines is 1. The van der Waals surface area contributed by atoms with Crippen molar-refractivity contribution in [3.05, 3.63) is 29.8 Å². The zero-order valence-corrected chi connectivity index (χ0v) is 12.9. The molecule has 2 atom stereocenters. The highest BCUT2D eigenvalue weighted by Gasteiger charge is 2.19. The van der Waals surface area contributed by atoms with Crippen LogP contribution in [-0.4, -0.2) is 37.1 Å². The van der Waals surface area contributed by atoms with Gasteiger partial charge in [-0.1, -0.05) is 18.6 Å². The summed E-state index contributed by atoms with van der Waals surface area (Å²) in [4.78, 5) is 14.2. The van der Waals surface area contributed by atoms with Crippen molar-refractivity contribution in [2.24, 2.45) is 5.73 Å². The first kappa shape index (κ1) is 15.8. The summed E-state index contributed by atoms with van der Waals surface area (Å²) in [6, 6.07) is 7.95. The van der Waals surface area contributed by atoms with Gasteiger partial charge in [0.25, 0.3) is 0 Å². The third-order valence-corrected chi connectivity index (χ3v) is 4.11. The molecule has 1 aliphatic rings. The number of amides is 2. The largest absolute Gasteiger partial charge is 0.336 e. The molecule has 1 fully saturated rings. The van der Waals surface area contributed by atoms with Crippen molar-refractivity contribution in [2.75, 3.05) is 25.5 Å². The Morgan fingerprint density at radius 2 is 2.10 bits per heavy atom. The number of urea groups is 1. The van der Waals surface area contributed by atoms with E-state index < -0.39 is 0 Å². The summed E-state index contributed by atoms with van der Waals surface area (Å²) in [5.41, 5.74) is 7.65. The smallest absolute Gasteiger partial charge is 0.319 e. The van der Waals surface area contributed by atoms with E-state index in [1.54, 1.807) is 0 Å². The number of nitrogens with one attached hydrogen (secondary N) is 2. The highest BCUT2D eigenvalue weighted by Crippen LogP contribution is 2.15. The summed E-state index contributed by atoms with van der Waals surface area (Å²) in [5, 5.41) is 5.81. The Bertz CT molecular complexity index is 458. The van der Waals surface area contributed by atoms with Crippen LogP contribution in [0.5, 0.6) is 0 Å². The molecule has 0 aromatic heterocycles. The third-order valence-electron chi connectivity index (χ3n) is 4.11. The van der Waals surface area contributed by atoms with Gasteiger partial charge in [-0.2, -0.15) is 0 Å². The number of piperidine rings is 1. The first-order chi connectivity index (χ1) is 10.1. The number of likely N-dealkylation sites (tertiary alicyclic amines) is 1. The van der Waals surface area contributed by atoms with E-state index in [9.17, 15) is 4.79 Å². The van der Waals surface area contributed by atoms with Gasteiger partial charge in [-0.15, -0.1) is 0 Å². The zero-order chi connectivity index (χ0) is 15.2. The zero-order valence-electron chi connectivity index (χ0n) is 12.9. The predicted octanol–water partition coefficient (Wildman–Crippen LogP) is 2.31. The van der Waals surface area contributed by atoms with Crippen molar-refractivity contribution in [1.29, 1.82) is 0 Å². The maximum atomic E-state index is 11.9. The molecule has 0 aliphatic carbocycles. The minimum absolute atomic E-state index is 0.00900. The number of hydrogen-bond acceptors (Lipinski definition) is 3. The van der Waals surface area contributed by atoms with Crippen molar-refractivity contribution in [1.82, 2.24) is 10.2 Å². The Morgan fingerprint density at radius 1 is 1.38 bits per heavy atom. The molecule has 0 saturated carbocycles. The van der Waals surface area contributed by atoms with E-state index in [0.29, 0.717) is 12.6 Å². The van der Waals surface area contributed by atoms with E-state index in [0.717, 1.165) is 24.2 Å². The van der Waals surface area contributed by atoms with Crippen LogP contribution in [0.15, 0.2) is 24.3 Å². The van der Waals surface area contributed by atoms with Crippen molar-refractivity contribution in [3.8, 4) is 0 Å². The van der Waals surface area contributed by atoms with Crippen molar-refractivity contribution in [2.45, 2.75) is 38.3 Å². The van der Waals surface area contributed by atoms with Gasteiger partial charge in [-0.25, -0.2) is 4.79 Å². The van der Waals surface area contributed by atoms with E-state index in [2.05, 4.69) is 22.6 Å². The average Bonchev–Trinajstić information content (AvgIpc) is 2.47. The monoisotopic (exact) mass is 290 g/mol. The van der Waals surface area contributed by atoms with Crippen LogP contribution < -0.4 is 16.4 Å². The molecule has 2 rings (SSSR count). The first-order valence-electron chi connectivity index (χ1n) is 7.67. The van der Waals surface area contributed by atoms with E-state index in [1.807, 2.05) is 31.2 Å². The van der Waals surface area contributed by atoms with Crippen molar-refractivity contribution in [3.63, 3.8) is 0 Å². The molecule has 5 heteroatoms. The standard InChI is InChI=1S/C16H26N4O/c1-12(17)13-6-8-14(9-7-13)19-16(21)18-11-15-5-3-4-10-20(15)2/h6-9,12,15H,3-5,10-11,17H2,1-2H3,(H2,18,19,21). The number of carbonyl (C=O) groups is 1. The molecule has 1 aliphatic heterocycles. The van der Waals surface area contributed by atoms with Crippen LogP contribution in [0, 0.1) is 0 Å². The lowest BCUT2D eigenvalue weighted by Gasteiger charge is -2.32. The molecule has 2 unspecified atom stereocenters. The van der Waals surface area contributed by atoms with Crippen LogP contribution >= 0.6 is 0 Å². The number of likely N-dealkylation sites (N-methyl/N-ethyl adjacent to an activating group) is 1. The van der Waals surface area contributed by atoms with Crippen LogP contribution in [0.3, 0.4) is 0 Å². The molecule has 1 saturated heterocycles. The summed E-state index contributed by atoms with van der Waals surface area (Å²) in [7, 11) is 2.12. The lowest BCUT2D eigenvalue weighted by atomic mass is 10.0. The molecule has 4 N–H and O–H groups in total. The van der Waals surface area contributed by atoms with Gasteiger partial charge >= 0.3 is 6.03 Å². The van der Waals surface area contributed by atoms with E-state index in [1.165, 1.54) is 12.8 Å². The van der Waals surface area contributed by atoms with Crippen LogP contribution in [-0.2, 0) is 0 Å².